The molecule has 0 aliphatic heterocycles. The molecule has 0 spiro atoms. The van der Waals surface area contributed by atoms with E-state index in [-0.39, 0.29) is 5.97 Å². The van der Waals surface area contributed by atoms with Gasteiger partial charge >= 0.3 is 5.97 Å². The van der Waals surface area contributed by atoms with Crippen LogP contribution in [0.3, 0.4) is 0 Å². The second-order valence-corrected chi connectivity index (χ2v) is 6.36. The lowest BCUT2D eigenvalue weighted by atomic mass is 9.89. The molecule has 20 heavy (non-hydrogen) atoms. The van der Waals surface area contributed by atoms with Crippen LogP contribution in [0.25, 0.3) is 0 Å². The van der Waals surface area contributed by atoms with Gasteiger partial charge in [0.25, 0.3) is 0 Å². The van der Waals surface area contributed by atoms with Gasteiger partial charge in [0.1, 0.15) is 5.54 Å². The molecule has 0 heterocycles. The number of rotatable bonds is 8. The highest BCUT2D eigenvalue weighted by Gasteiger charge is 2.29. The summed E-state index contributed by atoms with van der Waals surface area (Å²) in [5.74, 6) is 0.493. The minimum absolute atomic E-state index is 0.304. The third kappa shape index (κ3) is 6.23. The minimum atomic E-state index is -0.866. The maximum atomic E-state index is 11.6. The summed E-state index contributed by atoms with van der Waals surface area (Å²) >= 11 is 0. The average Bonchev–Trinajstić information content (AvgIpc) is 2.38. The molecule has 3 unspecified atom stereocenters. The van der Waals surface area contributed by atoms with Gasteiger partial charge in [0.2, 0.25) is 0 Å². The predicted molar refractivity (Wildman–Crippen MR) is 80.4 cm³/mol. The highest BCUT2D eigenvalue weighted by atomic mass is 16.5. The van der Waals surface area contributed by atoms with Gasteiger partial charge in [-0.05, 0) is 51.9 Å². The van der Waals surface area contributed by atoms with E-state index >= 15 is 0 Å². The van der Waals surface area contributed by atoms with Crippen molar-refractivity contribution in [1.29, 1.82) is 0 Å². The van der Waals surface area contributed by atoms with E-state index in [2.05, 4.69) is 6.92 Å². The van der Waals surface area contributed by atoms with Crippen LogP contribution in [0, 0.1) is 5.92 Å². The van der Waals surface area contributed by atoms with Crippen molar-refractivity contribution in [1.82, 2.24) is 0 Å². The van der Waals surface area contributed by atoms with Crippen LogP contribution in [0.5, 0.6) is 0 Å². The standard InChI is InChI=1S/C16H31NO3/c1-4-19-15(18)16(3,17)10-5-6-11-20-14-9-7-8-13(2)12-14/h13-14H,4-12,17H2,1-3H3. The van der Waals surface area contributed by atoms with E-state index in [1.165, 1.54) is 25.7 Å². The first-order valence-corrected chi connectivity index (χ1v) is 8.03. The molecule has 0 amide bonds. The van der Waals surface area contributed by atoms with Crippen LogP contribution in [0.2, 0.25) is 0 Å². The Hall–Kier alpha value is -0.610. The van der Waals surface area contributed by atoms with Crippen molar-refractivity contribution in [3.8, 4) is 0 Å². The quantitative estimate of drug-likeness (QED) is 0.550. The van der Waals surface area contributed by atoms with Crippen molar-refractivity contribution in [3.05, 3.63) is 0 Å². The van der Waals surface area contributed by atoms with Gasteiger partial charge in [-0.15, -0.1) is 0 Å². The Morgan fingerprint density at radius 2 is 2.10 bits per heavy atom. The van der Waals surface area contributed by atoms with Crippen LogP contribution in [0.1, 0.15) is 65.7 Å². The van der Waals surface area contributed by atoms with Crippen LogP contribution in [-0.4, -0.2) is 30.8 Å². The van der Waals surface area contributed by atoms with Crippen LogP contribution >= 0.6 is 0 Å². The molecule has 0 saturated heterocycles. The lowest BCUT2D eigenvalue weighted by Crippen LogP contribution is -2.46. The average molecular weight is 285 g/mol. The van der Waals surface area contributed by atoms with E-state index in [1.54, 1.807) is 13.8 Å². The van der Waals surface area contributed by atoms with E-state index in [1.807, 2.05) is 0 Å². The van der Waals surface area contributed by atoms with Gasteiger partial charge < -0.3 is 15.2 Å². The molecular formula is C16H31NO3. The maximum Gasteiger partial charge on any atom is 0.325 e. The molecule has 0 aromatic carbocycles. The number of carbonyl (C=O) groups excluding carboxylic acids is 1. The highest BCUT2D eigenvalue weighted by Crippen LogP contribution is 2.25. The number of unbranched alkanes of at least 4 members (excludes halogenated alkanes) is 1. The summed E-state index contributed by atoms with van der Waals surface area (Å²) in [4.78, 5) is 11.6. The third-order valence-corrected chi connectivity index (χ3v) is 4.07. The molecule has 1 saturated carbocycles. The maximum absolute atomic E-state index is 11.6. The van der Waals surface area contributed by atoms with Gasteiger partial charge in [-0.2, -0.15) is 0 Å². The fourth-order valence-corrected chi connectivity index (χ4v) is 2.77. The van der Waals surface area contributed by atoms with Crippen LogP contribution in [-0.2, 0) is 14.3 Å². The molecule has 0 aromatic rings. The third-order valence-electron chi connectivity index (χ3n) is 4.07. The summed E-state index contributed by atoms with van der Waals surface area (Å²) in [5, 5.41) is 0. The van der Waals surface area contributed by atoms with Crippen LogP contribution < -0.4 is 5.73 Å². The van der Waals surface area contributed by atoms with Crippen molar-refractivity contribution in [3.63, 3.8) is 0 Å². The molecule has 118 valence electrons. The topological polar surface area (TPSA) is 61.5 Å². The first-order chi connectivity index (χ1) is 9.45. The molecule has 4 heteroatoms. The zero-order chi connectivity index (χ0) is 15.0. The fraction of sp³-hybridized carbons (Fsp3) is 0.938. The largest absolute Gasteiger partial charge is 0.465 e. The van der Waals surface area contributed by atoms with Crippen molar-refractivity contribution < 1.29 is 14.3 Å². The lowest BCUT2D eigenvalue weighted by molar-refractivity contribution is -0.149. The summed E-state index contributed by atoms with van der Waals surface area (Å²) in [5.41, 5.74) is 5.11. The molecule has 4 nitrogen and oxygen atoms in total. The SMILES string of the molecule is CCOC(=O)C(C)(N)CCCCOC1CCCC(C)C1. The van der Waals surface area contributed by atoms with E-state index in [0.29, 0.717) is 19.1 Å². The Kier molecular flexibility index (Phi) is 7.52. The highest BCUT2D eigenvalue weighted by molar-refractivity contribution is 5.79. The van der Waals surface area contributed by atoms with Crippen molar-refractivity contribution in [2.75, 3.05) is 13.2 Å². The summed E-state index contributed by atoms with van der Waals surface area (Å²) < 4.78 is 10.9. The number of nitrogens with two attached hydrogens (primary N) is 1. The summed E-state index contributed by atoms with van der Waals surface area (Å²) in [7, 11) is 0. The number of hydrogen-bond donors (Lipinski definition) is 1. The molecule has 0 bridgehead atoms. The van der Waals surface area contributed by atoms with Crippen molar-refractivity contribution in [2.45, 2.75) is 77.4 Å². The van der Waals surface area contributed by atoms with Gasteiger partial charge in [-0.1, -0.05) is 19.8 Å². The Balaban J connectivity index is 2.10. The number of esters is 1. The van der Waals surface area contributed by atoms with Gasteiger partial charge in [-0.3, -0.25) is 4.79 Å². The monoisotopic (exact) mass is 285 g/mol. The first kappa shape index (κ1) is 17.4. The Bertz CT molecular complexity index is 291. The number of hydrogen-bond acceptors (Lipinski definition) is 4. The molecular weight excluding hydrogens is 254 g/mol. The normalized spacial score (nSPS) is 26.0. The second-order valence-electron chi connectivity index (χ2n) is 6.36. The van der Waals surface area contributed by atoms with Gasteiger partial charge in [0.05, 0.1) is 12.7 Å². The first-order valence-electron chi connectivity index (χ1n) is 8.03. The molecule has 0 radical (unpaired) electrons. The van der Waals surface area contributed by atoms with Crippen molar-refractivity contribution >= 4 is 5.97 Å². The van der Waals surface area contributed by atoms with E-state index in [4.69, 9.17) is 15.2 Å². The molecule has 2 N–H and O–H groups in total. The smallest absolute Gasteiger partial charge is 0.325 e. The Morgan fingerprint density at radius 1 is 1.35 bits per heavy atom. The second kappa shape index (κ2) is 8.63. The van der Waals surface area contributed by atoms with E-state index in [0.717, 1.165) is 25.4 Å². The zero-order valence-electron chi connectivity index (χ0n) is 13.3. The minimum Gasteiger partial charge on any atom is -0.465 e. The fourth-order valence-electron chi connectivity index (χ4n) is 2.77. The predicted octanol–water partition coefficient (Wildman–Crippen LogP) is 3.03. The summed E-state index contributed by atoms with van der Waals surface area (Å²) in [6.45, 7) is 7.00. The Labute approximate surface area is 123 Å². The number of ether oxygens (including phenoxy) is 2. The molecule has 1 aliphatic rings. The van der Waals surface area contributed by atoms with E-state index in [9.17, 15) is 4.79 Å². The lowest BCUT2D eigenvalue weighted by Gasteiger charge is -2.27. The summed E-state index contributed by atoms with van der Waals surface area (Å²) in [6, 6.07) is 0. The van der Waals surface area contributed by atoms with Crippen LogP contribution in [0.15, 0.2) is 0 Å². The number of carbonyl (C=O) groups is 1. The molecule has 1 fully saturated rings. The van der Waals surface area contributed by atoms with Gasteiger partial charge in [-0.25, -0.2) is 0 Å². The molecule has 3 atom stereocenters. The summed E-state index contributed by atoms with van der Waals surface area (Å²) in [6.07, 6.45) is 7.95. The Morgan fingerprint density at radius 3 is 2.75 bits per heavy atom. The van der Waals surface area contributed by atoms with Crippen LogP contribution in [0.4, 0.5) is 0 Å². The van der Waals surface area contributed by atoms with E-state index < -0.39 is 5.54 Å². The zero-order valence-corrected chi connectivity index (χ0v) is 13.3. The van der Waals surface area contributed by atoms with Gasteiger partial charge in [0.15, 0.2) is 0 Å². The van der Waals surface area contributed by atoms with Crippen molar-refractivity contribution in [2.24, 2.45) is 11.7 Å². The molecule has 1 rings (SSSR count). The van der Waals surface area contributed by atoms with Gasteiger partial charge in [0, 0.05) is 6.61 Å². The molecule has 0 aromatic heterocycles. The molecule has 1 aliphatic carbocycles.